The zero-order chi connectivity index (χ0) is 59.0. The highest BCUT2D eigenvalue weighted by Gasteiger charge is 2.51. The molecule has 1 aromatic heterocycles. The Hall–Kier alpha value is -3.60. The summed E-state index contributed by atoms with van der Waals surface area (Å²) >= 11 is 2.77. The van der Waals surface area contributed by atoms with Crippen LogP contribution in [0.4, 0.5) is 5.82 Å². The predicted molar refractivity (Wildman–Crippen MR) is 320 cm³/mol. The van der Waals surface area contributed by atoms with Gasteiger partial charge in [0.1, 0.15) is 40.2 Å². The molecule has 16 heteroatoms. The number of nitrogens with one attached hydrogen (secondary N) is 3. The van der Waals surface area contributed by atoms with Crippen molar-refractivity contribution in [3.8, 4) is 0 Å². The maximum atomic E-state index is 15.4. The Balaban J connectivity index is 1.95. The van der Waals surface area contributed by atoms with E-state index in [1.54, 1.807) is 0 Å². The van der Waals surface area contributed by atoms with Crippen LogP contribution in [0.3, 0.4) is 0 Å². The van der Waals surface area contributed by atoms with Gasteiger partial charge in [0, 0.05) is 35.8 Å². The van der Waals surface area contributed by atoms with Crippen LogP contribution in [0.2, 0.25) is 0 Å². The van der Waals surface area contributed by atoms with Gasteiger partial charge in [-0.3, -0.25) is 19.6 Å². The molecule has 4 rings (SSSR count). The Morgan fingerprint density at radius 2 is 1.22 bits per heavy atom. The molecule has 0 spiro atoms. The van der Waals surface area contributed by atoms with E-state index in [2.05, 4.69) is 124 Å². The average molecular weight is 1130 g/mol. The number of aromatic nitrogens is 1. The number of ether oxygens (including phenoxy) is 2. The Morgan fingerprint density at radius 1 is 0.718 bits per heavy atom. The molecule has 2 aliphatic carbocycles. The molecule has 0 aromatic carbocycles. The molecular formula is C62H102N4O10S2. The third kappa shape index (κ3) is 17.7. The Labute approximate surface area is 477 Å². The monoisotopic (exact) mass is 1130 g/mol. The fourth-order valence-corrected chi connectivity index (χ4v) is 14.0. The van der Waals surface area contributed by atoms with Crippen LogP contribution in [0.1, 0.15) is 224 Å². The van der Waals surface area contributed by atoms with E-state index in [1.807, 2.05) is 40.7 Å². The summed E-state index contributed by atoms with van der Waals surface area (Å²) in [6.45, 7) is 42.9. The number of hydrogen-bond donors (Lipinski definition) is 5. The molecule has 442 valence electrons. The van der Waals surface area contributed by atoms with E-state index in [0.29, 0.717) is 53.0 Å². The number of thioether (sulfide) groups is 2. The van der Waals surface area contributed by atoms with Gasteiger partial charge < -0.3 is 30.2 Å². The van der Waals surface area contributed by atoms with Gasteiger partial charge in [-0.25, -0.2) is 19.5 Å². The molecule has 0 radical (unpaired) electrons. The molecule has 1 aliphatic heterocycles. The highest BCUT2D eigenvalue weighted by atomic mass is 32.2. The number of amidine groups is 1. The predicted octanol–water partition coefficient (Wildman–Crippen LogP) is 14.6. The summed E-state index contributed by atoms with van der Waals surface area (Å²) in [6.07, 6.45) is 6.76. The molecule has 14 nitrogen and oxygen atoms in total. The Bertz CT molecular complexity index is 2290. The first-order valence-corrected chi connectivity index (χ1v) is 31.2. The first-order valence-electron chi connectivity index (χ1n) is 29.1. The minimum absolute atomic E-state index is 0.0566. The van der Waals surface area contributed by atoms with Crippen molar-refractivity contribution in [2.45, 2.75) is 225 Å². The summed E-state index contributed by atoms with van der Waals surface area (Å²) in [5.41, 5.74) is 1.86. The zero-order valence-corrected chi connectivity index (χ0v) is 53.0. The lowest BCUT2D eigenvalue weighted by Crippen LogP contribution is -2.50. The number of carboxylic acids is 1. The van der Waals surface area contributed by atoms with Crippen LogP contribution in [0.25, 0.3) is 6.08 Å². The van der Waals surface area contributed by atoms with E-state index in [1.165, 1.54) is 23.5 Å². The molecule has 2 saturated carbocycles. The maximum absolute atomic E-state index is 15.4. The highest BCUT2D eigenvalue weighted by Crippen LogP contribution is 2.52. The van der Waals surface area contributed by atoms with Crippen molar-refractivity contribution in [3.05, 3.63) is 33.7 Å². The summed E-state index contributed by atoms with van der Waals surface area (Å²) in [4.78, 5) is 83.4. The van der Waals surface area contributed by atoms with E-state index < -0.39 is 40.6 Å². The molecule has 1 aromatic rings. The third-order valence-electron chi connectivity index (χ3n) is 16.4. The fourth-order valence-electron chi connectivity index (χ4n) is 12.1. The number of carboxylic acid groups (broad SMARTS) is 1. The van der Waals surface area contributed by atoms with Crippen molar-refractivity contribution in [3.63, 3.8) is 0 Å². The van der Waals surface area contributed by atoms with Crippen molar-refractivity contribution >= 4 is 71.0 Å². The molecule has 78 heavy (non-hydrogen) atoms. The molecule has 2 amide bonds. The number of aromatic amines is 1. The normalized spacial score (nSPS) is 24.8. The van der Waals surface area contributed by atoms with Gasteiger partial charge in [-0.15, -0.1) is 23.5 Å². The maximum Gasteiger partial charge on any atom is 0.342 e. The number of anilines is 1. The summed E-state index contributed by atoms with van der Waals surface area (Å²) in [5.74, 6) is -0.552. The molecule has 0 saturated heterocycles. The second-order valence-corrected chi connectivity index (χ2v) is 30.7. The SMILES string of the molecule is CCCSC(C)C(=O)NC1=NC(=Cc2[nH]c(NC(=O)CCCCSC(CCOO)C(=O)O)c(C(=O)OC3C(C(C)(C)C)CC(C)CC3C(C)(C)C)c2C(C)C)C(C(C)C)=C1C(=O)OC1C(C(C)(C)C)CC(C)CC1C(C)(C)C. The number of esters is 2. The molecule has 5 N–H and O–H groups in total. The standard InChI is InChI=1S/C62H102N4O10S2/c1-21-27-77-38(8)55(68)66-54-50(58(72)76-52-41(61(15,16)17)31-37(7)32-42(52)62(18,19)20)48(35(4)5)44(64-54)33-43-47(34(2)3)49(53(63-43)65-46(67)24-22-23-28-78-45(56(69)70)25-26-74-73)57(71)75-51-39(59(9,10)11)29-36(6)30-40(51)60(12,13)14/h33-42,45,51-52,63,73H,21-32H2,1-20H3,(H,65,67)(H,69,70)(H,64,66,68). The largest absolute Gasteiger partial charge is 0.480 e. The lowest BCUT2D eigenvalue weighted by Gasteiger charge is -2.50. The zero-order valence-electron chi connectivity index (χ0n) is 51.4. The van der Waals surface area contributed by atoms with Gasteiger partial charge >= 0.3 is 17.9 Å². The minimum atomic E-state index is -0.997. The van der Waals surface area contributed by atoms with Crippen LogP contribution in [0, 0.1) is 63.1 Å². The molecule has 3 aliphatic rings. The van der Waals surface area contributed by atoms with Crippen molar-refractivity contribution < 1.29 is 48.7 Å². The number of hydrogen-bond acceptors (Lipinski definition) is 12. The second kappa shape index (κ2) is 27.9. The van der Waals surface area contributed by atoms with Crippen LogP contribution >= 0.6 is 23.5 Å². The Morgan fingerprint density at radius 3 is 1.65 bits per heavy atom. The van der Waals surface area contributed by atoms with Gasteiger partial charge in [0.25, 0.3) is 0 Å². The van der Waals surface area contributed by atoms with Gasteiger partial charge in [-0.2, -0.15) is 0 Å². The van der Waals surface area contributed by atoms with Crippen LogP contribution in [-0.2, 0) is 33.5 Å². The minimum Gasteiger partial charge on any atom is -0.480 e. The fraction of sp³-hybridized carbons (Fsp3) is 0.774. The van der Waals surface area contributed by atoms with Gasteiger partial charge in [0.2, 0.25) is 11.8 Å². The quantitative estimate of drug-likeness (QED) is 0.0318. The van der Waals surface area contributed by atoms with Crippen LogP contribution in [0.15, 0.2) is 21.8 Å². The van der Waals surface area contributed by atoms with Crippen molar-refractivity contribution in [2.24, 2.45) is 68.1 Å². The first kappa shape index (κ1) is 66.9. The lowest BCUT2D eigenvalue weighted by molar-refractivity contribution is -0.242. The number of carbonyl (C=O) groups excluding carboxylic acids is 4. The number of amides is 2. The topological polar surface area (TPSA) is 206 Å². The number of allylic oxidation sites excluding steroid dienone is 1. The van der Waals surface area contributed by atoms with Gasteiger partial charge in [-0.1, -0.05) is 132 Å². The van der Waals surface area contributed by atoms with E-state index in [9.17, 15) is 19.5 Å². The summed E-state index contributed by atoms with van der Waals surface area (Å²) < 4.78 is 13.8. The number of H-pyrrole nitrogens is 1. The smallest absolute Gasteiger partial charge is 0.342 e. The third-order valence-corrected chi connectivity index (χ3v) is 19.1. The van der Waals surface area contributed by atoms with Crippen molar-refractivity contribution in [2.75, 3.05) is 23.4 Å². The number of unbranched alkanes of at least 4 members (excludes halogenated alkanes) is 1. The van der Waals surface area contributed by atoms with Crippen LogP contribution in [0.5, 0.6) is 0 Å². The van der Waals surface area contributed by atoms with Gasteiger partial charge in [0.05, 0.1) is 17.6 Å². The highest BCUT2D eigenvalue weighted by molar-refractivity contribution is 8.00. The van der Waals surface area contributed by atoms with Gasteiger partial charge in [-0.05, 0) is 132 Å². The first-order chi connectivity index (χ1) is 36.0. The molecule has 2 fully saturated rings. The molecule has 6 unspecified atom stereocenters. The number of aliphatic carboxylic acids is 1. The average Bonchev–Trinajstić information content (AvgIpc) is 3.87. The Kier molecular flexibility index (Phi) is 23.9. The molecule has 0 bridgehead atoms. The molecule has 6 atom stereocenters. The second-order valence-electron chi connectivity index (χ2n) is 27.9. The summed E-state index contributed by atoms with van der Waals surface area (Å²) in [5, 5.41) is 23.4. The van der Waals surface area contributed by atoms with Crippen LogP contribution in [-0.4, -0.2) is 91.7 Å². The van der Waals surface area contributed by atoms with E-state index >= 15 is 9.59 Å². The number of aliphatic imine (C=N–C) groups is 1. The van der Waals surface area contributed by atoms with Crippen molar-refractivity contribution in [1.82, 2.24) is 10.3 Å². The van der Waals surface area contributed by atoms with Gasteiger partial charge in [0.15, 0.2) is 0 Å². The number of nitrogens with zero attached hydrogens (tertiary/aromatic N) is 1. The van der Waals surface area contributed by atoms with E-state index in [4.69, 9.17) is 19.7 Å². The summed E-state index contributed by atoms with van der Waals surface area (Å²) in [7, 11) is 0. The molecular weight excluding hydrogens is 1020 g/mol. The number of carbonyl (C=O) groups is 5. The number of rotatable bonds is 22. The lowest BCUT2D eigenvalue weighted by atomic mass is 9.59. The van der Waals surface area contributed by atoms with E-state index in [0.717, 1.165) is 37.9 Å². The van der Waals surface area contributed by atoms with E-state index in [-0.39, 0.29) is 111 Å². The molecule has 2 heterocycles. The van der Waals surface area contributed by atoms with Crippen LogP contribution < -0.4 is 10.6 Å². The summed E-state index contributed by atoms with van der Waals surface area (Å²) in [6, 6.07) is 0. The van der Waals surface area contributed by atoms with Crippen molar-refractivity contribution in [1.29, 1.82) is 0 Å².